The van der Waals surface area contributed by atoms with E-state index in [0.29, 0.717) is 15.8 Å². The molecular formula is C20H15BrCl2F5N5O2. The fourth-order valence-electron chi connectivity index (χ4n) is 3.20. The van der Waals surface area contributed by atoms with Gasteiger partial charge in [-0.3, -0.25) is 4.79 Å². The van der Waals surface area contributed by atoms with Crippen LogP contribution in [-0.4, -0.2) is 41.9 Å². The fraction of sp³-hybridized carbons (Fsp3) is 0.350. The van der Waals surface area contributed by atoms with Gasteiger partial charge in [-0.2, -0.15) is 27.1 Å². The number of hydrogen-bond acceptors (Lipinski definition) is 4. The highest BCUT2D eigenvalue weighted by Crippen LogP contribution is 2.43. The van der Waals surface area contributed by atoms with Crippen LogP contribution in [-0.2, 0) is 13.2 Å². The van der Waals surface area contributed by atoms with Gasteiger partial charge in [-0.25, -0.2) is 9.36 Å². The summed E-state index contributed by atoms with van der Waals surface area (Å²) in [6.45, 7) is 0. The van der Waals surface area contributed by atoms with E-state index in [1.807, 2.05) is 0 Å². The molecule has 1 amide bonds. The molecule has 2 aromatic heterocycles. The number of halogens is 8. The highest BCUT2D eigenvalue weighted by molar-refractivity contribution is 9.10. The molecule has 1 atom stereocenters. The van der Waals surface area contributed by atoms with Crippen LogP contribution in [0.1, 0.15) is 28.8 Å². The maximum atomic E-state index is 13.9. The van der Waals surface area contributed by atoms with Crippen LogP contribution in [0.25, 0.3) is 16.9 Å². The molecular weight excluding hydrogens is 588 g/mol. The zero-order chi connectivity index (χ0) is 25.7. The van der Waals surface area contributed by atoms with Crippen molar-refractivity contribution in [1.29, 1.82) is 0 Å². The first-order valence-electron chi connectivity index (χ1n) is 9.93. The summed E-state index contributed by atoms with van der Waals surface area (Å²) < 4.78 is 73.1. The molecule has 3 aromatic rings. The second-order valence-electron chi connectivity index (χ2n) is 7.71. The monoisotopic (exact) mass is 601 g/mol. The topological polar surface area (TPSA) is 74.0 Å². The molecule has 0 radical (unpaired) electrons. The fourth-order valence-corrected chi connectivity index (χ4v) is 3.55. The van der Waals surface area contributed by atoms with Gasteiger partial charge in [0.05, 0.1) is 16.8 Å². The summed E-state index contributed by atoms with van der Waals surface area (Å²) in [6, 6.07) is 4.63. The van der Waals surface area contributed by atoms with Crippen molar-refractivity contribution in [2.45, 2.75) is 35.5 Å². The zero-order valence-corrected chi connectivity index (χ0v) is 20.7. The SMILES string of the molecule is Cn1nc(OC(F)(F)C(Cl)Br)c(C(F)(F)F)c1-n1cc(-c2ccc(Cl)c(C(=O)NC3CC3)c2)cn1. The normalized spacial score (nSPS) is 15.2. The molecule has 35 heavy (non-hydrogen) atoms. The number of rotatable bonds is 7. The number of nitrogens with zero attached hydrogens (tertiary/aromatic N) is 4. The third-order valence-electron chi connectivity index (χ3n) is 5.01. The first-order valence-corrected chi connectivity index (χ1v) is 11.7. The van der Waals surface area contributed by atoms with Crippen molar-refractivity contribution in [1.82, 2.24) is 24.9 Å². The number of carbonyl (C=O) groups is 1. The molecule has 7 nitrogen and oxygen atoms in total. The Morgan fingerprint density at radius 2 is 1.94 bits per heavy atom. The number of carbonyl (C=O) groups excluding carboxylic acids is 1. The van der Waals surface area contributed by atoms with Crippen LogP contribution in [0.2, 0.25) is 5.02 Å². The van der Waals surface area contributed by atoms with Gasteiger partial charge in [0.1, 0.15) is 0 Å². The molecule has 0 saturated heterocycles. The van der Waals surface area contributed by atoms with Gasteiger partial charge < -0.3 is 10.1 Å². The number of alkyl halides is 7. The average Bonchev–Trinajstić information content (AvgIpc) is 3.31. The lowest BCUT2D eigenvalue weighted by atomic mass is 10.1. The van der Waals surface area contributed by atoms with Gasteiger partial charge in [0.25, 0.3) is 11.8 Å². The Kier molecular flexibility index (Phi) is 6.79. The van der Waals surface area contributed by atoms with Crippen molar-refractivity contribution in [2.24, 2.45) is 7.05 Å². The third kappa shape index (κ3) is 5.41. The van der Waals surface area contributed by atoms with E-state index < -0.39 is 33.8 Å². The Bertz CT molecular complexity index is 1270. The quantitative estimate of drug-likeness (QED) is 0.275. The Labute approximate surface area is 213 Å². The van der Waals surface area contributed by atoms with Crippen molar-refractivity contribution in [2.75, 3.05) is 0 Å². The van der Waals surface area contributed by atoms with Gasteiger partial charge in [-0.15, -0.1) is 5.10 Å². The maximum Gasteiger partial charge on any atom is 0.425 e. The van der Waals surface area contributed by atoms with Gasteiger partial charge in [0, 0.05) is 24.8 Å². The van der Waals surface area contributed by atoms with E-state index >= 15 is 0 Å². The van der Waals surface area contributed by atoms with Crippen LogP contribution in [0.3, 0.4) is 0 Å². The Hall–Kier alpha value is -2.38. The minimum absolute atomic E-state index is 0.0954. The summed E-state index contributed by atoms with van der Waals surface area (Å²) in [7, 11) is 1.12. The highest BCUT2D eigenvalue weighted by atomic mass is 79.9. The van der Waals surface area contributed by atoms with E-state index in [0.717, 1.165) is 24.6 Å². The van der Waals surface area contributed by atoms with Crippen molar-refractivity contribution in [3.05, 3.63) is 46.7 Å². The van der Waals surface area contributed by atoms with Crippen molar-refractivity contribution < 1.29 is 31.5 Å². The third-order valence-corrected chi connectivity index (χ3v) is 6.13. The van der Waals surface area contributed by atoms with Crippen LogP contribution in [0.5, 0.6) is 5.88 Å². The molecule has 188 valence electrons. The molecule has 0 spiro atoms. The lowest BCUT2D eigenvalue weighted by Crippen LogP contribution is -2.32. The van der Waals surface area contributed by atoms with Crippen LogP contribution < -0.4 is 10.1 Å². The molecule has 1 saturated carbocycles. The van der Waals surface area contributed by atoms with E-state index in [4.69, 9.17) is 23.2 Å². The lowest BCUT2D eigenvalue weighted by molar-refractivity contribution is -0.172. The number of ether oxygens (including phenoxy) is 1. The molecule has 4 rings (SSSR count). The van der Waals surface area contributed by atoms with Gasteiger partial charge >= 0.3 is 12.3 Å². The Morgan fingerprint density at radius 1 is 1.26 bits per heavy atom. The van der Waals surface area contributed by atoms with Gasteiger partial charge in [-0.1, -0.05) is 45.2 Å². The largest absolute Gasteiger partial charge is 0.425 e. The number of aromatic nitrogens is 4. The Balaban J connectivity index is 1.73. The van der Waals surface area contributed by atoms with Crippen molar-refractivity contribution in [3.8, 4) is 22.8 Å². The predicted octanol–water partition coefficient (Wildman–Crippen LogP) is 5.77. The van der Waals surface area contributed by atoms with E-state index in [2.05, 4.69) is 36.2 Å². The van der Waals surface area contributed by atoms with Crippen LogP contribution >= 0.6 is 39.1 Å². The second kappa shape index (κ2) is 9.25. The smallest absolute Gasteiger partial charge is 0.411 e. The summed E-state index contributed by atoms with van der Waals surface area (Å²) in [5.74, 6) is -2.41. The highest BCUT2D eigenvalue weighted by Gasteiger charge is 2.47. The lowest BCUT2D eigenvalue weighted by Gasteiger charge is -2.18. The molecule has 1 aliphatic rings. The van der Waals surface area contributed by atoms with E-state index in [9.17, 15) is 26.7 Å². The number of hydrogen-bond donors (Lipinski definition) is 1. The first kappa shape index (κ1) is 25.7. The molecule has 1 unspecified atom stereocenters. The van der Waals surface area contributed by atoms with Crippen LogP contribution in [0.4, 0.5) is 22.0 Å². The average molecular weight is 603 g/mol. The minimum Gasteiger partial charge on any atom is -0.411 e. The number of nitrogens with one attached hydrogen (secondary N) is 1. The predicted molar refractivity (Wildman–Crippen MR) is 120 cm³/mol. The van der Waals surface area contributed by atoms with Crippen LogP contribution in [0, 0.1) is 0 Å². The molecule has 1 N–H and O–H groups in total. The first-order chi connectivity index (χ1) is 16.3. The molecule has 15 heteroatoms. The van der Waals surface area contributed by atoms with Crippen molar-refractivity contribution >= 4 is 45.0 Å². The molecule has 0 bridgehead atoms. The summed E-state index contributed by atoms with van der Waals surface area (Å²) in [5, 5.41) is 10.4. The summed E-state index contributed by atoms with van der Waals surface area (Å²) in [4.78, 5) is 12.4. The van der Waals surface area contributed by atoms with E-state index in [1.54, 1.807) is 6.07 Å². The zero-order valence-electron chi connectivity index (χ0n) is 17.6. The second-order valence-corrected chi connectivity index (χ2v) is 9.99. The molecule has 2 heterocycles. The summed E-state index contributed by atoms with van der Waals surface area (Å²) in [5.41, 5.74) is -0.585. The van der Waals surface area contributed by atoms with Crippen molar-refractivity contribution in [3.63, 3.8) is 0 Å². The Morgan fingerprint density at radius 3 is 2.54 bits per heavy atom. The molecule has 1 aromatic carbocycles. The number of amides is 1. The van der Waals surface area contributed by atoms with E-state index in [-0.39, 0.29) is 22.5 Å². The standard InChI is InChI=1S/C20H15BrCl2F5N5O2/c1-32-17(14(19(24,25)26)16(31-32)35-20(27,28)18(21)23)33-8-10(7-29-33)9-2-5-13(22)12(6-9)15(34)30-11-3-4-11/h2,5-8,11,18H,3-4H2,1H3,(H,30,34). The van der Waals surface area contributed by atoms with Gasteiger partial charge in [-0.05, 0) is 30.5 Å². The van der Waals surface area contributed by atoms with Crippen LogP contribution in [0.15, 0.2) is 30.6 Å². The van der Waals surface area contributed by atoms with E-state index in [1.165, 1.54) is 24.5 Å². The summed E-state index contributed by atoms with van der Waals surface area (Å²) in [6.07, 6.45) is -5.08. The van der Waals surface area contributed by atoms with Gasteiger partial charge in [0.2, 0.25) is 0 Å². The molecule has 0 aliphatic heterocycles. The number of benzene rings is 1. The molecule has 1 fully saturated rings. The molecule has 1 aliphatic carbocycles. The maximum absolute atomic E-state index is 13.9. The van der Waals surface area contributed by atoms with Gasteiger partial charge in [0.15, 0.2) is 15.7 Å². The minimum atomic E-state index is -5.12. The number of aryl methyl sites for hydroxylation is 1. The summed E-state index contributed by atoms with van der Waals surface area (Å²) >= 11 is 13.8.